The number of nitrogens with one attached hydrogen (secondary N) is 2. The molecule has 0 heterocycles. The van der Waals surface area contributed by atoms with Gasteiger partial charge in [-0.2, -0.15) is 0 Å². The van der Waals surface area contributed by atoms with E-state index < -0.39 is 23.7 Å². The molecule has 21 heavy (non-hydrogen) atoms. The maximum atomic E-state index is 13.4. The minimum atomic E-state index is -0.923. The van der Waals surface area contributed by atoms with E-state index in [1.165, 1.54) is 18.2 Å². The number of halogens is 1. The Morgan fingerprint density at radius 1 is 1.29 bits per heavy atom. The molecular weight excluding hydrogens is 275 g/mol. The molecule has 0 aromatic heterocycles. The van der Waals surface area contributed by atoms with Crippen molar-refractivity contribution in [3.05, 3.63) is 30.1 Å². The van der Waals surface area contributed by atoms with Crippen LogP contribution in [0.1, 0.15) is 27.2 Å². The third-order valence-electron chi connectivity index (χ3n) is 2.90. The van der Waals surface area contributed by atoms with E-state index in [1.54, 1.807) is 13.0 Å². The maximum Gasteiger partial charge on any atom is 0.313 e. The van der Waals surface area contributed by atoms with Crippen LogP contribution in [0.25, 0.3) is 0 Å². The molecule has 0 saturated heterocycles. The van der Waals surface area contributed by atoms with Gasteiger partial charge in [0.15, 0.2) is 0 Å². The zero-order valence-electron chi connectivity index (χ0n) is 12.4. The van der Waals surface area contributed by atoms with Crippen LogP contribution in [-0.4, -0.2) is 29.6 Å². The summed E-state index contributed by atoms with van der Waals surface area (Å²) in [6, 6.07) is 5.61. The molecule has 116 valence electrons. The van der Waals surface area contributed by atoms with Crippen LogP contribution < -0.4 is 10.6 Å². The van der Waals surface area contributed by atoms with Gasteiger partial charge in [0.25, 0.3) is 0 Å². The average molecular weight is 296 g/mol. The van der Waals surface area contributed by atoms with Gasteiger partial charge in [0, 0.05) is 6.54 Å². The standard InChI is InChI=1S/C15H21FN2O3/c1-10(19)8-15(2,3)9-17-13(20)14(21)18-12-7-5-4-6-11(12)16/h4-7,10,19H,8-9H2,1-3H3,(H,17,20)(H,18,21). The topological polar surface area (TPSA) is 78.4 Å². The highest BCUT2D eigenvalue weighted by Crippen LogP contribution is 2.21. The zero-order chi connectivity index (χ0) is 16.0. The molecule has 1 aromatic carbocycles. The number of carbonyl (C=O) groups excluding carboxylic acids is 2. The quantitative estimate of drug-likeness (QED) is 0.723. The van der Waals surface area contributed by atoms with E-state index in [1.807, 2.05) is 13.8 Å². The van der Waals surface area contributed by atoms with Crippen molar-refractivity contribution in [1.29, 1.82) is 0 Å². The second-order valence-electron chi connectivity index (χ2n) is 5.83. The summed E-state index contributed by atoms with van der Waals surface area (Å²) in [4.78, 5) is 23.3. The second-order valence-corrected chi connectivity index (χ2v) is 5.83. The Balaban J connectivity index is 2.52. The molecule has 0 spiro atoms. The molecule has 5 nitrogen and oxygen atoms in total. The van der Waals surface area contributed by atoms with Gasteiger partial charge in [-0.3, -0.25) is 9.59 Å². The number of anilines is 1. The van der Waals surface area contributed by atoms with Crippen molar-refractivity contribution in [3.8, 4) is 0 Å². The monoisotopic (exact) mass is 296 g/mol. The first-order valence-electron chi connectivity index (χ1n) is 6.73. The number of hydrogen-bond acceptors (Lipinski definition) is 3. The lowest BCUT2D eigenvalue weighted by atomic mass is 9.87. The Morgan fingerprint density at radius 2 is 1.90 bits per heavy atom. The molecule has 0 radical (unpaired) electrons. The molecule has 3 N–H and O–H groups in total. The SMILES string of the molecule is CC(O)CC(C)(C)CNC(=O)C(=O)Nc1ccccc1F. The Bertz CT molecular complexity index is 515. The first-order chi connectivity index (χ1) is 9.71. The van der Waals surface area contributed by atoms with E-state index in [9.17, 15) is 19.1 Å². The summed E-state index contributed by atoms with van der Waals surface area (Å²) >= 11 is 0. The molecule has 2 amide bonds. The lowest BCUT2D eigenvalue weighted by Crippen LogP contribution is -2.41. The van der Waals surface area contributed by atoms with Gasteiger partial charge in [0.05, 0.1) is 11.8 Å². The lowest BCUT2D eigenvalue weighted by molar-refractivity contribution is -0.136. The molecule has 0 aliphatic heterocycles. The van der Waals surface area contributed by atoms with Crippen molar-refractivity contribution in [2.24, 2.45) is 5.41 Å². The van der Waals surface area contributed by atoms with Crippen molar-refractivity contribution in [1.82, 2.24) is 5.32 Å². The van der Waals surface area contributed by atoms with Crippen LogP contribution in [0.3, 0.4) is 0 Å². The third-order valence-corrected chi connectivity index (χ3v) is 2.90. The van der Waals surface area contributed by atoms with Gasteiger partial charge in [-0.15, -0.1) is 0 Å². The van der Waals surface area contributed by atoms with E-state index in [2.05, 4.69) is 10.6 Å². The summed E-state index contributed by atoms with van der Waals surface area (Å²) in [5.74, 6) is -2.36. The third kappa shape index (κ3) is 5.91. The molecule has 0 bridgehead atoms. The van der Waals surface area contributed by atoms with Gasteiger partial charge in [0.2, 0.25) is 0 Å². The molecular formula is C15H21FN2O3. The number of aliphatic hydroxyl groups is 1. The molecule has 0 saturated carbocycles. The van der Waals surface area contributed by atoms with Crippen LogP contribution in [0.2, 0.25) is 0 Å². The first kappa shape index (κ1) is 17.1. The Kier molecular flexibility index (Phi) is 5.84. The summed E-state index contributed by atoms with van der Waals surface area (Å²) < 4.78 is 13.4. The first-order valence-corrected chi connectivity index (χ1v) is 6.73. The summed E-state index contributed by atoms with van der Waals surface area (Å²) in [5, 5.41) is 14.0. The second kappa shape index (κ2) is 7.17. The molecule has 1 unspecified atom stereocenters. The Hall–Kier alpha value is -1.95. The summed E-state index contributed by atoms with van der Waals surface area (Å²) in [6.45, 7) is 5.64. The molecule has 0 aliphatic carbocycles. The Labute approximate surface area is 123 Å². The number of rotatable bonds is 5. The molecule has 0 aliphatic rings. The van der Waals surface area contributed by atoms with E-state index in [4.69, 9.17) is 0 Å². The minimum Gasteiger partial charge on any atom is -0.393 e. The largest absolute Gasteiger partial charge is 0.393 e. The predicted octanol–water partition coefficient (Wildman–Crippen LogP) is 1.68. The van der Waals surface area contributed by atoms with Gasteiger partial charge in [-0.1, -0.05) is 26.0 Å². The molecule has 1 rings (SSSR count). The molecule has 1 aromatic rings. The number of benzene rings is 1. The molecule has 0 fully saturated rings. The van der Waals surface area contributed by atoms with Crippen molar-refractivity contribution in [2.45, 2.75) is 33.3 Å². The number of aliphatic hydroxyl groups excluding tert-OH is 1. The van der Waals surface area contributed by atoms with Crippen molar-refractivity contribution >= 4 is 17.5 Å². The highest BCUT2D eigenvalue weighted by molar-refractivity contribution is 6.39. The zero-order valence-corrected chi connectivity index (χ0v) is 12.4. The van der Waals surface area contributed by atoms with Crippen molar-refractivity contribution in [2.75, 3.05) is 11.9 Å². The Morgan fingerprint density at radius 3 is 2.48 bits per heavy atom. The van der Waals surface area contributed by atoms with Crippen LogP contribution in [0.15, 0.2) is 24.3 Å². The van der Waals surface area contributed by atoms with E-state index >= 15 is 0 Å². The molecule has 6 heteroatoms. The summed E-state index contributed by atoms with van der Waals surface area (Å²) in [6.07, 6.45) is -0.00786. The fourth-order valence-electron chi connectivity index (χ4n) is 2.01. The van der Waals surface area contributed by atoms with Gasteiger partial charge in [-0.05, 0) is 30.9 Å². The van der Waals surface area contributed by atoms with E-state index in [0.29, 0.717) is 6.42 Å². The number of hydrogen-bond donors (Lipinski definition) is 3. The highest BCUT2D eigenvalue weighted by atomic mass is 19.1. The smallest absolute Gasteiger partial charge is 0.313 e. The van der Waals surface area contributed by atoms with Gasteiger partial charge < -0.3 is 15.7 Å². The number of para-hydroxylation sites is 1. The fraction of sp³-hybridized carbons (Fsp3) is 0.467. The minimum absolute atomic E-state index is 0.0408. The van der Waals surface area contributed by atoms with Crippen LogP contribution in [0.4, 0.5) is 10.1 Å². The number of amides is 2. The highest BCUT2D eigenvalue weighted by Gasteiger charge is 2.23. The average Bonchev–Trinajstić information content (AvgIpc) is 2.37. The summed E-state index contributed by atoms with van der Waals surface area (Å²) in [5.41, 5.74) is -0.386. The van der Waals surface area contributed by atoms with E-state index in [-0.39, 0.29) is 17.6 Å². The molecule has 1 atom stereocenters. The lowest BCUT2D eigenvalue weighted by Gasteiger charge is -2.26. The van der Waals surface area contributed by atoms with Gasteiger partial charge in [-0.25, -0.2) is 4.39 Å². The fourth-order valence-corrected chi connectivity index (χ4v) is 2.01. The van der Waals surface area contributed by atoms with Gasteiger partial charge >= 0.3 is 11.8 Å². The predicted molar refractivity (Wildman–Crippen MR) is 78.1 cm³/mol. The van der Waals surface area contributed by atoms with Crippen LogP contribution in [-0.2, 0) is 9.59 Å². The van der Waals surface area contributed by atoms with E-state index in [0.717, 1.165) is 0 Å². The number of carbonyl (C=O) groups is 2. The normalized spacial score (nSPS) is 12.6. The van der Waals surface area contributed by atoms with Crippen LogP contribution in [0, 0.1) is 11.2 Å². The van der Waals surface area contributed by atoms with Gasteiger partial charge in [0.1, 0.15) is 5.82 Å². The van der Waals surface area contributed by atoms with Crippen LogP contribution in [0.5, 0.6) is 0 Å². The summed E-state index contributed by atoms with van der Waals surface area (Å²) in [7, 11) is 0. The maximum absolute atomic E-state index is 13.4. The van der Waals surface area contributed by atoms with Crippen LogP contribution >= 0.6 is 0 Å². The van der Waals surface area contributed by atoms with Crippen molar-refractivity contribution < 1.29 is 19.1 Å². The van der Waals surface area contributed by atoms with Crippen molar-refractivity contribution in [3.63, 3.8) is 0 Å².